The Morgan fingerprint density at radius 1 is 1.00 bits per heavy atom. The first kappa shape index (κ1) is 20.4. The van der Waals surface area contributed by atoms with Gasteiger partial charge in [-0.3, -0.25) is 4.79 Å². The third-order valence-electron chi connectivity index (χ3n) is 2.65. The van der Waals surface area contributed by atoms with Crippen LogP contribution in [0.3, 0.4) is 0 Å². The zero-order valence-corrected chi connectivity index (χ0v) is 12.6. The van der Waals surface area contributed by atoms with Crippen molar-refractivity contribution in [3.05, 3.63) is 0 Å². The van der Waals surface area contributed by atoms with Crippen LogP contribution in [0.4, 0.5) is 0 Å². The van der Waals surface area contributed by atoms with E-state index in [0.717, 1.165) is 26.3 Å². The third kappa shape index (κ3) is 31.6. The zero-order valence-electron chi connectivity index (χ0n) is 12.6. The summed E-state index contributed by atoms with van der Waals surface area (Å²) < 4.78 is 0. The summed E-state index contributed by atoms with van der Waals surface area (Å²) in [4.78, 5) is 19.0. The van der Waals surface area contributed by atoms with Crippen molar-refractivity contribution < 1.29 is 14.7 Å². The van der Waals surface area contributed by atoms with Crippen LogP contribution >= 0.6 is 0 Å². The van der Waals surface area contributed by atoms with Gasteiger partial charge in [-0.15, -0.1) is 0 Å². The first-order valence-corrected chi connectivity index (χ1v) is 7.49. The zero-order chi connectivity index (χ0) is 14.8. The van der Waals surface area contributed by atoms with E-state index in [0.29, 0.717) is 6.42 Å². The maximum Gasteiger partial charge on any atom is 0.300 e. The maximum atomic E-state index is 10.0. The lowest BCUT2D eigenvalue weighted by Gasteiger charge is -2.02. The molecule has 0 radical (unpaired) electrons. The molecule has 0 rings (SSSR count). The lowest BCUT2D eigenvalue weighted by Crippen LogP contribution is -2.16. The van der Waals surface area contributed by atoms with E-state index in [4.69, 9.17) is 9.90 Å². The number of aliphatic carboxylic acids is 1. The number of carboxylic acids is 1. The van der Waals surface area contributed by atoms with E-state index >= 15 is 0 Å². The maximum absolute atomic E-state index is 10.0. The molecule has 4 nitrogen and oxygen atoms in total. The van der Waals surface area contributed by atoms with Gasteiger partial charge >= 0.3 is 0 Å². The molecule has 0 aliphatic heterocycles. The minimum atomic E-state index is -0.833. The van der Waals surface area contributed by atoms with Gasteiger partial charge in [-0.2, -0.15) is 0 Å². The molecule has 0 spiro atoms. The first-order valence-electron chi connectivity index (χ1n) is 7.49. The third-order valence-corrected chi connectivity index (χ3v) is 2.65. The van der Waals surface area contributed by atoms with Gasteiger partial charge in [0.1, 0.15) is 6.29 Å². The molecule has 2 N–H and O–H groups in total. The van der Waals surface area contributed by atoms with Crippen molar-refractivity contribution in [3.8, 4) is 0 Å². The van der Waals surface area contributed by atoms with Crippen LogP contribution in [0.15, 0.2) is 0 Å². The molecule has 0 unspecified atom stereocenters. The Morgan fingerprint density at radius 3 is 1.95 bits per heavy atom. The molecule has 0 amide bonds. The summed E-state index contributed by atoms with van der Waals surface area (Å²) >= 11 is 0. The summed E-state index contributed by atoms with van der Waals surface area (Å²) in [6, 6.07) is 0. The minimum Gasteiger partial charge on any atom is -0.481 e. The Morgan fingerprint density at radius 2 is 1.47 bits per heavy atom. The Balaban J connectivity index is 0. The van der Waals surface area contributed by atoms with E-state index in [2.05, 4.69) is 12.2 Å². The van der Waals surface area contributed by atoms with E-state index in [1.165, 1.54) is 51.4 Å². The van der Waals surface area contributed by atoms with Crippen molar-refractivity contribution in [1.82, 2.24) is 5.32 Å². The second-order valence-electron chi connectivity index (χ2n) is 4.70. The topological polar surface area (TPSA) is 66.4 Å². The van der Waals surface area contributed by atoms with E-state index in [9.17, 15) is 4.79 Å². The quantitative estimate of drug-likeness (QED) is 0.422. The lowest BCUT2D eigenvalue weighted by molar-refractivity contribution is -0.134. The summed E-state index contributed by atoms with van der Waals surface area (Å²) in [5.41, 5.74) is 0. The SMILES string of the molecule is CC(=O)O.CCCCCCCCCCNCCC=O. The summed E-state index contributed by atoms with van der Waals surface area (Å²) in [5.74, 6) is -0.833. The van der Waals surface area contributed by atoms with Crippen molar-refractivity contribution in [3.63, 3.8) is 0 Å². The molecule has 0 fully saturated rings. The number of rotatable bonds is 12. The fourth-order valence-electron chi connectivity index (χ4n) is 1.67. The highest BCUT2D eigenvalue weighted by Gasteiger charge is 1.91. The lowest BCUT2D eigenvalue weighted by atomic mass is 10.1. The monoisotopic (exact) mass is 273 g/mol. The number of hydrogen-bond donors (Lipinski definition) is 2. The molecule has 0 aliphatic carbocycles. The molecular formula is C15H31NO3. The number of unbranched alkanes of at least 4 members (excludes halogenated alkanes) is 7. The number of carbonyl (C=O) groups excluding carboxylic acids is 1. The van der Waals surface area contributed by atoms with Crippen LogP contribution in [0.5, 0.6) is 0 Å². The van der Waals surface area contributed by atoms with Crippen LogP contribution in [0.25, 0.3) is 0 Å². The van der Waals surface area contributed by atoms with Crippen LogP contribution in [0.1, 0.15) is 71.6 Å². The van der Waals surface area contributed by atoms with Crippen molar-refractivity contribution in [2.24, 2.45) is 0 Å². The van der Waals surface area contributed by atoms with Gasteiger partial charge < -0.3 is 15.2 Å². The first-order chi connectivity index (χ1) is 9.15. The van der Waals surface area contributed by atoms with Crippen LogP contribution in [-0.2, 0) is 9.59 Å². The van der Waals surface area contributed by atoms with Gasteiger partial charge in [-0.05, 0) is 13.0 Å². The van der Waals surface area contributed by atoms with E-state index in [-0.39, 0.29) is 0 Å². The summed E-state index contributed by atoms with van der Waals surface area (Å²) in [6.45, 7) is 5.26. The van der Waals surface area contributed by atoms with E-state index in [1.54, 1.807) is 0 Å². The van der Waals surface area contributed by atoms with Crippen LogP contribution in [-0.4, -0.2) is 30.5 Å². The van der Waals surface area contributed by atoms with Gasteiger partial charge in [-0.1, -0.05) is 51.9 Å². The van der Waals surface area contributed by atoms with Gasteiger partial charge in [0.05, 0.1) is 0 Å². The smallest absolute Gasteiger partial charge is 0.300 e. The van der Waals surface area contributed by atoms with Gasteiger partial charge in [0.25, 0.3) is 5.97 Å². The van der Waals surface area contributed by atoms with Crippen molar-refractivity contribution in [2.75, 3.05) is 13.1 Å². The molecule has 0 aromatic heterocycles. The summed E-state index contributed by atoms with van der Waals surface area (Å²) in [6.07, 6.45) is 12.5. The van der Waals surface area contributed by atoms with Crippen molar-refractivity contribution in [2.45, 2.75) is 71.6 Å². The number of aldehydes is 1. The number of carbonyl (C=O) groups is 2. The number of hydrogen-bond acceptors (Lipinski definition) is 3. The van der Waals surface area contributed by atoms with Crippen LogP contribution in [0, 0.1) is 0 Å². The second kappa shape index (κ2) is 19.4. The van der Waals surface area contributed by atoms with Crippen molar-refractivity contribution in [1.29, 1.82) is 0 Å². The van der Waals surface area contributed by atoms with Crippen LogP contribution < -0.4 is 5.32 Å². The van der Waals surface area contributed by atoms with Gasteiger partial charge in [0.15, 0.2) is 0 Å². The molecule has 114 valence electrons. The molecule has 0 aliphatic rings. The molecule has 4 heteroatoms. The van der Waals surface area contributed by atoms with Gasteiger partial charge in [0, 0.05) is 19.9 Å². The highest BCUT2D eigenvalue weighted by molar-refractivity contribution is 5.62. The Kier molecular flexibility index (Phi) is 20.9. The highest BCUT2D eigenvalue weighted by atomic mass is 16.4. The molecular weight excluding hydrogens is 242 g/mol. The minimum absolute atomic E-state index is 0.650. The predicted octanol–water partition coefficient (Wildman–Crippen LogP) is 3.40. The van der Waals surface area contributed by atoms with E-state index in [1.807, 2.05) is 0 Å². The fourth-order valence-corrected chi connectivity index (χ4v) is 1.67. The number of nitrogens with one attached hydrogen (secondary N) is 1. The van der Waals surface area contributed by atoms with Gasteiger partial charge in [-0.25, -0.2) is 0 Å². The van der Waals surface area contributed by atoms with E-state index < -0.39 is 5.97 Å². The fraction of sp³-hybridized carbons (Fsp3) is 0.867. The molecule has 0 bridgehead atoms. The molecule has 0 saturated carbocycles. The Labute approximate surface area is 118 Å². The second-order valence-corrected chi connectivity index (χ2v) is 4.70. The summed E-state index contributed by atoms with van der Waals surface area (Å²) in [5, 5.41) is 10.7. The van der Waals surface area contributed by atoms with Gasteiger partial charge in [0.2, 0.25) is 0 Å². The Bertz CT molecular complexity index is 192. The Hall–Kier alpha value is -0.900. The largest absolute Gasteiger partial charge is 0.481 e. The average Bonchev–Trinajstić information content (AvgIpc) is 2.35. The molecule has 19 heavy (non-hydrogen) atoms. The van der Waals surface area contributed by atoms with Crippen molar-refractivity contribution >= 4 is 12.3 Å². The molecule has 0 saturated heterocycles. The molecule has 0 aromatic carbocycles. The summed E-state index contributed by atoms with van der Waals surface area (Å²) in [7, 11) is 0. The number of carboxylic acid groups (broad SMARTS) is 1. The standard InChI is InChI=1S/C13H27NO.C2H4O2/c1-2-3-4-5-6-7-8-9-11-14-12-10-13-15;1-2(3)4/h13-14H,2-12H2,1H3;1H3,(H,3,4). The molecule has 0 atom stereocenters. The predicted molar refractivity (Wildman–Crippen MR) is 79.5 cm³/mol. The average molecular weight is 273 g/mol. The normalized spacial score (nSPS) is 9.58. The molecule has 0 heterocycles. The van der Waals surface area contributed by atoms with Crippen LogP contribution in [0.2, 0.25) is 0 Å². The molecule has 0 aromatic rings. The highest BCUT2D eigenvalue weighted by Crippen LogP contribution is 2.07.